The van der Waals surface area contributed by atoms with E-state index in [9.17, 15) is 19.7 Å². The molecule has 0 saturated carbocycles. The fraction of sp³-hybridized carbons (Fsp3) is 0.400. The number of hydrogen-bond donors (Lipinski definition) is 2. The summed E-state index contributed by atoms with van der Waals surface area (Å²) in [4.78, 5) is 32.7. The molecule has 0 aliphatic carbocycles. The van der Waals surface area contributed by atoms with Crippen molar-refractivity contribution in [2.75, 3.05) is 0 Å². The molecule has 0 saturated heterocycles. The molecule has 0 spiro atoms. The molecular weight excluding hydrogens is 194 g/mol. The fourth-order valence-electron chi connectivity index (χ4n) is 0.720. The van der Waals surface area contributed by atoms with E-state index in [1.54, 1.807) is 0 Å². The van der Waals surface area contributed by atoms with Crippen molar-refractivity contribution in [3.63, 3.8) is 0 Å². The molecule has 0 aliphatic rings. The van der Waals surface area contributed by atoms with Crippen LogP contribution >= 0.6 is 0 Å². The number of rotatable bonds is 3. The zero-order valence-corrected chi connectivity index (χ0v) is 7.18. The first kappa shape index (κ1) is 9.89. The Hall–Kier alpha value is -2.19. The first-order chi connectivity index (χ1) is 6.50. The van der Waals surface area contributed by atoms with E-state index in [1.165, 1.54) is 6.92 Å². The minimum Gasteiger partial charge on any atom is -0.390 e. The highest BCUT2D eigenvalue weighted by Crippen LogP contribution is 1.94. The molecule has 1 rings (SSSR count). The van der Waals surface area contributed by atoms with Gasteiger partial charge in [-0.2, -0.15) is 4.98 Å². The molecule has 0 aliphatic heterocycles. The van der Waals surface area contributed by atoms with E-state index >= 15 is 0 Å². The maximum absolute atomic E-state index is 10.9. The van der Waals surface area contributed by atoms with E-state index in [0.717, 1.165) is 4.68 Å². The number of aromatic nitrogens is 3. The van der Waals surface area contributed by atoms with Gasteiger partial charge in [0.1, 0.15) is 6.67 Å². The Morgan fingerprint density at radius 1 is 1.79 bits per heavy atom. The summed E-state index contributed by atoms with van der Waals surface area (Å²) >= 11 is 0. The van der Waals surface area contributed by atoms with Crippen LogP contribution in [0.25, 0.3) is 0 Å². The van der Waals surface area contributed by atoms with Crippen LogP contribution in [0.3, 0.4) is 0 Å². The molecule has 0 fully saturated rings. The molecule has 1 heterocycles. The Morgan fingerprint density at radius 2 is 2.43 bits per heavy atom. The number of aromatic amines is 1. The van der Waals surface area contributed by atoms with Crippen molar-refractivity contribution in [3.05, 3.63) is 20.6 Å². The number of nitrogens with one attached hydrogen (secondary N) is 2. The van der Waals surface area contributed by atoms with Gasteiger partial charge in [-0.05, 0) is 4.92 Å². The molecule has 9 heteroatoms. The Kier molecular flexibility index (Phi) is 2.60. The zero-order valence-electron chi connectivity index (χ0n) is 7.18. The van der Waals surface area contributed by atoms with Gasteiger partial charge < -0.3 is 15.4 Å². The fourth-order valence-corrected chi connectivity index (χ4v) is 0.720. The summed E-state index contributed by atoms with van der Waals surface area (Å²) in [6.45, 7) is 1.06. The molecule has 0 aromatic carbocycles. The van der Waals surface area contributed by atoms with Gasteiger partial charge in [-0.1, -0.05) is 0 Å². The number of hydrogen-bond acceptors (Lipinski definition) is 5. The first-order valence-electron chi connectivity index (χ1n) is 3.56. The van der Waals surface area contributed by atoms with Crippen molar-refractivity contribution < 1.29 is 9.72 Å². The molecule has 0 unspecified atom stereocenters. The topological polar surface area (TPSA) is 123 Å². The van der Waals surface area contributed by atoms with Crippen LogP contribution in [0, 0.1) is 10.1 Å². The molecule has 14 heavy (non-hydrogen) atoms. The van der Waals surface area contributed by atoms with Gasteiger partial charge in [0.2, 0.25) is 5.91 Å². The molecule has 76 valence electrons. The quantitative estimate of drug-likeness (QED) is 0.458. The van der Waals surface area contributed by atoms with Crippen molar-refractivity contribution in [2.24, 2.45) is 0 Å². The smallest absolute Gasteiger partial charge is 0.390 e. The van der Waals surface area contributed by atoms with Crippen LogP contribution in [-0.2, 0) is 11.5 Å². The second-order valence-corrected chi connectivity index (χ2v) is 2.40. The van der Waals surface area contributed by atoms with Gasteiger partial charge in [0.25, 0.3) is 0 Å². The third kappa shape index (κ3) is 2.15. The Balaban J connectivity index is 2.83. The Morgan fingerprint density at radius 3 is 2.86 bits per heavy atom. The van der Waals surface area contributed by atoms with E-state index in [4.69, 9.17) is 0 Å². The zero-order chi connectivity index (χ0) is 10.7. The lowest BCUT2D eigenvalue weighted by Gasteiger charge is -1.95. The molecule has 1 aromatic heterocycles. The van der Waals surface area contributed by atoms with Crippen LogP contribution < -0.4 is 11.0 Å². The van der Waals surface area contributed by atoms with Crippen LogP contribution in [0.1, 0.15) is 6.92 Å². The number of nitro groups is 1. The van der Waals surface area contributed by atoms with Crippen LogP contribution in [0.15, 0.2) is 4.79 Å². The summed E-state index contributed by atoms with van der Waals surface area (Å²) in [6.07, 6.45) is 0. The SMILES string of the molecule is CC(=O)NCn1nc([N+](=O)[O-])[nH]c1=O. The number of amides is 1. The van der Waals surface area contributed by atoms with Gasteiger partial charge in [0.05, 0.1) is 0 Å². The van der Waals surface area contributed by atoms with Gasteiger partial charge in [-0.3, -0.25) is 4.79 Å². The first-order valence-corrected chi connectivity index (χ1v) is 3.56. The van der Waals surface area contributed by atoms with Crippen molar-refractivity contribution in [1.29, 1.82) is 0 Å². The Labute approximate surface area is 76.9 Å². The molecule has 2 N–H and O–H groups in total. The highest BCUT2D eigenvalue weighted by Gasteiger charge is 2.14. The summed E-state index contributed by atoms with van der Waals surface area (Å²) in [5.74, 6) is -1.01. The molecule has 0 bridgehead atoms. The second kappa shape index (κ2) is 3.68. The van der Waals surface area contributed by atoms with E-state index in [-0.39, 0.29) is 12.6 Å². The highest BCUT2D eigenvalue weighted by atomic mass is 16.6. The molecular formula is C5H7N5O4. The summed E-state index contributed by atoms with van der Waals surface area (Å²) in [5, 5.41) is 15.8. The van der Waals surface area contributed by atoms with Crippen molar-refractivity contribution in [1.82, 2.24) is 20.1 Å². The minimum atomic E-state index is -0.828. The molecule has 1 amide bonds. The summed E-state index contributed by atoms with van der Waals surface area (Å²) < 4.78 is 0.750. The standard InChI is InChI=1S/C5H7N5O4/c1-3(11)6-2-9-5(12)7-4(8-9)10(13)14/h2H2,1H3,(H,6,11)(H,7,8,12). The molecule has 1 aromatic rings. The summed E-state index contributed by atoms with van der Waals surface area (Å²) in [7, 11) is 0. The lowest BCUT2D eigenvalue weighted by Crippen LogP contribution is -2.30. The predicted molar refractivity (Wildman–Crippen MR) is 43.3 cm³/mol. The average molecular weight is 201 g/mol. The number of carbonyl (C=O) groups is 1. The van der Waals surface area contributed by atoms with Gasteiger partial charge >= 0.3 is 11.6 Å². The normalized spacial score (nSPS) is 9.79. The lowest BCUT2D eigenvalue weighted by molar-refractivity contribution is -0.394. The largest absolute Gasteiger partial charge is 0.457 e. The molecule has 9 nitrogen and oxygen atoms in total. The van der Waals surface area contributed by atoms with Crippen LogP contribution in [0.2, 0.25) is 0 Å². The number of H-pyrrole nitrogens is 1. The predicted octanol–water partition coefficient (Wildman–Crippen LogP) is -1.43. The van der Waals surface area contributed by atoms with Gasteiger partial charge in [0.15, 0.2) is 0 Å². The lowest BCUT2D eigenvalue weighted by atomic mass is 10.7. The van der Waals surface area contributed by atoms with Crippen LogP contribution in [0.4, 0.5) is 5.95 Å². The Bertz CT molecular complexity index is 418. The van der Waals surface area contributed by atoms with E-state index in [2.05, 4.69) is 10.4 Å². The van der Waals surface area contributed by atoms with Crippen LogP contribution in [0.5, 0.6) is 0 Å². The average Bonchev–Trinajstić information content (AvgIpc) is 2.43. The van der Waals surface area contributed by atoms with E-state index in [0.29, 0.717) is 0 Å². The molecule has 0 radical (unpaired) electrons. The van der Waals surface area contributed by atoms with E-state index in [1.807, 2.05) is 4.98 Å². The van der Waals surface area contributed by atoms with Crippen molar-refractivity contribution in [3.8, 4) is 0 Å². The van der Waals surface area contributed by atoms with Gasteiger partial charge in [0, 0.05) is 12.0 Å². The number of carbonyl (C=O) groups excluding carboxylic acids is 1. The maximum Gasteiger partial charge on any atom is 0.457 e. The molecule has 0 atom stereocenters. The third-order valence-corrected chi connectivity index (χ3v) is 1.32. The second-order valence-electron chi connectivity index (χ2n) is 2.40. The van der Waals surface area contributed by atoms with Crippen molar-refractivity contribution >= 4 is 11.9 Å². The third-order valence-electron chi connectivity index (χ3n) is 1.32. The van der Waals surface area contributed by atoms with Gasteiger partial charge in [-0.15, -0.1) is 4.68 Å². The van der Waals surface area contributed by atoms with Gasteiger partial charge in [-0.25, -0.2) is 4.79 Å². The monoisotopic (exact) mass is 201 g/mol. The minimum absolute atomic E-state index is 0.196. The van der Waals surface area contributed by atoms with Crippen molar-refractivity contribution in [2.45, 2.75) is 13.6 Å². The maximum atomic E-state index is 10.9. The summed E-state index contributed by atoms with van der Waals surface area (Å²) in [5.41, 5.74) is -0.745. The highest BCUT2D eigenvalue weighted by molar-refractivity contribution is 5.72. The number of nitrogens with zero attached hydrogens (tertiary/aromatic N) is 3. The van der Waals surface area contributed by atoms with Crippen LogP contribution in [-0.4, -0.2) is 25.6 Å². The summed E-state index contributed by atoms with van der Waals surface area (Å²) in [6, 6.07) is 0. The van der Waals surface area contributed by atoms with E-state index < -0.39 is 16.6 Å².